The maximum atomic E-state index is 13.1. The van der Waals surface area contributed by atoms with Gasteiger partial charge in [0.1, 0.15) is 11.6 Å². The molecule has 2 aromatic carbocycles. The first-order chi connectivity index (χ1) is 11.2. The summed E-state index contributed by atoms with van der Waals surface area (Å²) in [5.74, 6) is 0.493. The summed E-state index contributed by atoms with van der Waals surface area (Å²) in [5, 5.41) is 3.35. The van der Waals surface area contributed by atoms with Crippen LogP contribution in [-0.2, 0) is 6.54 Å². The predicted octanol–water partition coefficient (Wildman–Crippen LogP) is 6.05. The molecule has 2 nitrogen and oxygen atoms in total. The monoisotopic (exact) mass is 335 g/mol. The van der Waals surface area contributed by atoms with Crippen molar-refractivity contribution in [1.82, 2.24) is 0 Å². The summed E-state index contributed by atoms with van der Waals surface area (Å²) in [6, 6.07) is 12.6. The van der Waals surface area contributed by atoms with Gasteiger partial charge < -0.3 is 10.1 Å². The third kappa shape index (κ3) is 6.11. The van der Waals surface area contributed by atoms with Gasteiger partial charge in [-0.1, -0.05) is 49.9 Å². The van der Waals surface area contributed by atoms with E-state index in [0.29, 0.717) is 6.54 Å². The molecule has 0 heterocycles. The molecule has 2 aromatic rings. The van der Waals surface area contributed by atoms with E-state index < -0.39 is 5.82 Å². The molecule has 0 aliphatic rings. The minimum Gasteiger partial charge on any atom is -0.494 e. The van der Waals surface area contributed by atoms with Crippen molar-refractivity contribution in [2.45, 2.75) is 39.2 Å². The SMILES string of the molecule is CCCCCCOc1ccc(CNc2ccc(F)c(Cl)c2)cc1. The quantitative estimate of drug-likeness (QED) is 0.563. The highest BCUT2D eigenvalue weighted by Crippen LogP contribution is 2.20. The molecule has 4 heteroatoms. The summed E-state index contributed by atoms with van der Waals surface area (Å²) in [6.07, 6.45) is 4.82. The van der Waals surface area contributed by atoms with Crippen LogP contribution in [0.5, 0.6) is 5.75 Å². The average Bonchev–Trinajstić information content (AvgIpc) is 2.57. The normalized spacial score (nSPS) is 10.6. The lowest BCUT2D eigenvalue weighted by Crippen LogP contribution is -2.00. The first-order valence-electron chi connectivity index (χ1n) is 8.09. The molecule has 0 bridgehead atoms. The molecule has 0 saturated carbocycles. The predicted molar refractivity (Wildman–Crippen MR) is 94.8 cm³/mol. The summed E-state index contributed by atoms with van der Waals surface area (Å²) < 4.78 is 18.8. The second-order valence-electron chi connectivity index (χ2n) is 5.54. The van der Waals surface area contributed by atoms with Crippen molar-refractivity contribution in [3.63, 3.8) is 0 Å². The molecular weight excluding hydrogens is 313 g/mol. The number of hydrogen-bond donors (Lipinski definition) is 1. The second-order valence-corrected chi connectivity index (χ2v) is 5.94. The zero-order valence-electron chi connectivity index (χ0n) is 13.4. The van der Waals surface area contributed by atoms with Gasteiger partial charge in [0.2, 0.25) is 0 Å². The van der Waals surface area contributed by atoms with Gasteiger partial charge in [-0.05, 0) is 42.3 Å². The summed E-state index contributed by atoms with van der Waals surface area (Å²) in [4.78, 5) is 0. The lowest BCUT2D eigenvalue weighted by Gasteiger charge is -2.09. The van der Waals surface area contributed by atoms with Gasteiger partial charge >= 0.3 is 0 Å². The maximum Gasteiger partial charge on any atom is 0.141 e. The topological polar surface area (TPSA) is 21.3 Å². The van der Waals surface area contributed by atoms with Crippen LogP contribution in [0.3, 0.4) is 0 Å². The molecule has 0 unspecified atom stereocenters. The third-order valence-corrected chi connectivity index (χ3v) is 3.90. The highest BCUT2D eigenvalue weighted by molar-refractivity contribution is 6.31. The van der Waals surface area contributed by atoms with Crippen molar-refractivity contribution in [3.8, 4) is 5.75 Å². The molecule has 23 heavy (non-hydrogen) atoms. The van der Waals surface area contributed by atoms with Gasteiger partial charge in [-0.2, -0.15) is 0 Å². The number of anilines is 1. The molecule has 0 amide bonds. The number of unbranched alkanes of at least 4 members (excludes halogenated alkanes) is 3. The summed E-state index contributed by atoms with van der Waals surface area (Å²) in [7, 11) is 0. The molecule has 0 atom stereocenters. The van der Waals surface area contributed by atoms with E-state index in [9.17, 15) is 4.39 Å². The van der Waals surface area contributed by atoms with Crippen molar-refractivity contribution in [3.05, 3.63) is 58.9 Å². The van der Waals surface area contributed by atoms with Gasteiger partial charge in [0.25, 0.3) is 0 Å². The van der Waals surface area contributed by atoms with Gasteiger partial charge in [-0.3, -0.25) is 0 Å². The van der Waals surface area contributed by atoms with Gasteiger partial charge in [-0.25, -0.2) is 4.39 Å². The molecule has 0 fully saturated rings. The lowest BCUT2D eigenvalue weighted by molar-refractivity contribution is 0.305. The summed E-state index contributed by atoms with van der Waals surface area (Å²) in [6.45, 7) is 3.62. The molecule has 124 valence electrons. The maximum absolute atomic E-state index is 13.1. The van der Waals surface area contributed by atoms with E-state index >= 15 is 0 Å². The van der Waals surface area contributed by atoms with Crippen molar-refractivity contribution < 1.29 is 9.13 Å². The number of nitrogens with one attached hydrogen (secondary N) is 1. The minimum absolute atomic E-state index is 0.127. The molecule has 0 aromatic heterocycles. The lowest BCUT2D eigenvalue weighted by atomic mass is 10.2. The van der Waals surface area contributed by atoms with Crippen LogP contribution in [0.25, 0.3) is 0 Å². The van der Waals surface area contributed by atoms with Crippen LogP contribution in [0, 0.1) is 5.82 Å². The molecule has 0 radical (unpaired) electrons. The zero-order chi connectivity index (χ0) is 16.5. The van der Waals surface area contributed by atoms with Crippen molar-refractivity contribution in [2.75, 3.05) is 11.9 Å². The molecule has 1 N–H and O–H groups in total. The summed E-state index contributed by atoms with van der Waals surface area (Å²) in [5.41, 5.74) is 1.93. The van der Waals surface area contributed by atoms with Crippen LogP contribution in [0.15, 0.2) is 42.5 Å². The standard InChI is InChI=1S/C19H23ClFNO/c1-2-3-4-5-12-23-17-9-6-15(7-10-17)14-22-16-8-11-19(21)18(20)13-16/h6-11,13,22H,2-5,12,14H2,1H3. The van der Waals surface area contributed by atoms with Crippen LogP contribution in [0.2, 0.25) is 5.02 Å². The van der Waals surface area contributed by atoms with E-state index in [1.54, 1.807) is 12.1 Å². The number of rotatable bonds is 9. The van der Waals surface area contributed by atoms with Gasteiger partial charge in [-0.15, -0.1) is 0 Å². The molecule has 0 aliphatic carbocycles. The van der Waals surface area contributed by atoms with E-state index in [1.807, 2.05) is 24.3 Å². The van der Waals surface area contributed by atoms with Crippen molar-refractivity contribution in [1.29, 1.82) is 0 Å². The Balaban J connectivity index is 1.77. The number of hydrogen-bond acceptors (Lipinski definition) is 2. The van der Waals surface area contributed by atoms with E-state index in [4.69, 9.17) is 16.3 Å². The van der Waals surface area contributed by atoms with Crippen LogP contribution in [0.1, 0.15) is 38.2 Å². The van der Waals surface area contributed by atoms with Crippen LogP contribution < -0.4 is 10.1 Å². The second kappa shape index (κ2) is 9.41. The Kier molecular flexibility index (Phi) is 7.21. The first kappa shape index (κ1) is 17.6. The fraction of sp³-hybridized carbons (Fsp3) is 0.368. The molecule has 0 aliphatic heterocycles. The Labute approximate surface area is 142 Å². The largest absolute Gasteiger partial charge is 0.494 e. The molecule has 0 spiro atoms. The Morgan fingerprint density at radius 2 is 1.83 bits per heavy atom. The highest BCUT2D eigenvalue weighted by Gasteiger charge is 2.01. The van der Waals surface area contributed by atoms with Crippen LogP contribution in [0.4, 0.5) is 10.1 Å². The third-order valence-electron chi connectivity index (χ3n) is 3.61. The van der Waals surface area contributed by atoms with Gasteiger partial charge in [0.15, 0.2) is 0 Å². The van der Waals surface area contributed by atoms with E-state index in [2.05, 4.69) is 12.2 Å². The van der Waals surface area contributed by atoms with E-state index in [0.717, 1.165) is 30.0 Å². The number of ether oxygens (including phenoxy) is 1. The number of benzene rings is 2. The van der Waals surface area contributed by atoms with Crippen molar-refractivity contribution >= 4 is 17.3 Å². The van der Waals surface area contributed by atoms with Gasteiger partial charge in [0, 0.05) is 12.2 Å². The molecule has 2 rings (SSSR count). The van der Waals surface area contributed by atoms with Gasteiger partial charge in [0.05, 0.1) is 11.6 Å². The van der Waals surface area contributed by atoms with E-state index in [1.165, 1.54) is 25.3 Å². The van der Waals surface area contributed by atoms with Crippen LogP contribution in [-0.4, -0.2) is 6.61 Å². The Hall–Kier alpha value is -1.74. The van der Waals surface area contributed by atoms with Crippen molar-refractivity contribution in [2.24, 2.45) is 0 Å². The first-order valence-corrected chi connectivity index (χ1v) is 8.47. The number of halogens is 2. The highest BCUT2D eigenvalue weighted by atomic mass is 35.5. The smallest absolute Gasteiger partial charge is 0.141 e. The minimum atomic E-state index is -0.405. The average molecular weight is 336 g/mol. The Bertz CT molecular complexity index is 601. The fourth-order valence-corrected chi connectivity index (χ4v) is 2.41. The Morgan fingerprint density at radius 1 is 1.04 bits per heavy atom. The zero-order valence-corrected chi connectivity index (χ0v) is 14.2. The van der Waals surface area contributed by atoms with Crippen LogP contribution >= 0.6 is 11.6 Å². The molecule has 0 saturated heterocycles. The molecular formula is C19H23ClFNO. The fourth-order valence-electron chi connectivity index (χ4n) is 2.23. The summed E-state index contributed by atoms with van der Waals surface area (Å²) >= 11 is 5.76. The Morgan fingerprint density at radius 3 is 2.52 bits per heavy atom. The van der Waals surface area contributed by atoms with E-state index in [-0.39, 0.29) is 5.02 Å².